The number of halogens is 16. The number of esters is 1. The topological polar surface area (TPSA) is 55.8 Å². The molecule has 0 rings (SSSR count). The highest BCUT2D eigenvalue weighted by Crippen LogP contribution is 2.63. The van der Waals surface area contributed by atoms with Crippen LogP contribution < -0.4 is 0 Å². The molecule has 20 heteroatoms. The molecule has 1 unspecified atom stereocenters. The minimum atomic E-state index is -8.45. The van der Waals surface area contributed by atoms with Crippen LogP contribution in [-0.4, -0.2) is 78.5 Å². The van der Waals surface area contributed by atoms with Crippen LogP contribution >= 0.6 is 0 Å². The van der Waals surface area contributed by atoms with Crippen molar-refractivity contribution in [1.29, 1.82) is 0 Å². The van der Waals surface area contributed by atoms with Gasteiger partial charge in [0.1, 0.15) is 0 Å². The molecule has 0 saturated carbocycles. The van der Waals surface area contributed by atoms with Gasteiger partial charge in [0.2, 0.25) is 6.29 Å². The number of aliphatic hydroxyl groups is 1. The van der Waals surface area contributed by atoms with Crippen LogP contribution in [0.1, 0.15) is 12.8 Å². The molecule has 0 saturated heterocycles. The molecule has 1 N–H and O–H groups in total. The van der Waals surface area contributed by atoms with E-state index in [0.29, 0.717) is 6.08 Å². The zero-order chi connectivity index (χ0) is 29.2. The van der Waals surface area contributed by atoms with Crippen molar-refractivity contribution in [2.45, 2.75) is 67.0 Å². The molecule has 0 aromatic carbocycles. The lowest BCUT2D eigenvalue weighted by Crippen LogP contribution is -2.73. The summed E-state index contributed by atoms with van der Waals surface area (Å²) in [7, 11) is 0. The highest BCUT2D eigenvalue weighted by Gasteiger charge is 2.93. The number of carbonyl (C=O) groups excluding carboxylic acids is 1. The number of hydrogen-bond acceptors (Lipinski definition) is 4. The van der Waals surface area contributed by atoms with Gasteiger partial charge in [-0.15, -0.1) is 0 Å². The van der Waals surface area contributed by atoms with Crippen molar-refractivity contribution in [1.82, 2.24) is 0 Å². The van der Waals surface area contributed by atoms with E-state index in [1.165, 1.54) is 0 Å². The molecule has 4 nitrogen and oxygen atoms in total. The van der Waals surface area contributed by atoms with E-state index in [-0.39, 0.29) is 0 Å². The standard InChI is InChI=1S/C16H14F16O4/c1-2-7(33)36-8(34)3-5-35-6-4-10(19,20)12(23,24)14(27,28)16(31,32)15(29,30)13(25,26)11(21,22)9(17)18/h2,8-9,34H,1,3-6H2. The third kappa shape index (κ3) is 5.77. The normalized spacial score (nSPS) is 15.7. The van der Waals surface area contributed by atoms with Crippen LogP contribution in [0.5, 0.6) is 0 Å². The van der Waals surface area contributed by atoms with E-state index in [1.54, 1.807) is 0 Å². The molecule has 1 atom stereocenters. The summed E-state index contributed by atoms with van der Waals surface area (Å²) in [6, 6.07) is 0. The first kappa shape index (κ1) is 34.0. The summed E-state index contributed by atoms with van der Waals surface area (Å²) in [4.78, 5) is 10.7. The monoisotopic (exact) mass is 574 g/mol. The summed E-state index contributed by atoms with van der Waals surface area (Å²) >= 11 is 0. The number of rotatable bonds is 15. The Labute approximate surface area is 189 Å². The average Bonchev–Trinajstić information content (AvgIpc) is 2.72. The van der Waals surface area contributed by atoms with Gasteiger partial charge in [-0.25, -0.2) is 13.6 Å². The zero-order valence-corrected chi connectivity index (χ0v) is 17.0. The maximum atomic E-state index is 13.6. The number of ether oxygens (including phenoxy) is 2. The van der Waals surface area contributed by atoms with Crippen molar-refractivity contribution in [2.75, 3.05) is 13.2 Å². The van der Waals surface area contributed by atoms with Crippen molar-refractivity contribution < 1.29 is 89.6 Å². The summed E-state index contributed by atoms with van der Waals surface area (Å²) in [6.45, 7) is 0.187. The quantitative estimate of drug-likeness (QED) is 0.0918. The largest absolute Gasteiger partial charge is 0.433 e. The van der Waals surface area contributed by atoms with E-state index in [0.717, 1.165) is 0 Å². The Bertz CT molecular complexity index is 767. The third-order valence-corrected chi connectivity index (χ3v) is 4.22. The Hall–Kier alpha value is -1.99. The Kier molecular flexibility index (Phi) is 10.2. The molecule has 0 aromatic rings. The first-order valence-electron chi connectivity index (χ1n) is 8.81. The third-order valence-electron chi connectivity index (χ3n) is 4.22. The van der Waals surface area contributed by atoms with Gasteiger partial charge in [-0.3, -0.25) is 0 Å². The molecule has 0 radical (unpaired) electrons. The molecule has 0 heterocycles. The first-order valence-corrected chi connectivity index (χ1v) is 8.81. The van der Waals surface area contributed by atoms with E-state index < -0.39 is 86.2 Å². The highest BCUT2D eigenvalue weighted by atomic mass is 19.4. The maximum absolute atomic E-state index is 13.6. The van der Waals surface area contributed by atoms with Crippen LogP contribution in [-0.2, 0) is 14.3 Å². The van der Waals surface area contributed by atoms with Crippen LogP contribution in [0.15, 0.2) is 12.7 Å². The highest BCUT2D eigenvalue weighted by molar-refractivity contribution is 5.81. The van der Waals surface area contributed by atoms with Gasteiger partial charge < -0.3 is 14.6 Å². The number of aliphatic hydroxyl groups excluding tert-OH is 1. The van der Waals surface area contributed by atoms with E-state index in [9.17, 15) is 75.0 Å². The van der Waals surface area contributed by atoms with E-state index in [4.69, 9.17) is 5.11 Å². The molecule has 0 aliphatic carbocycles. The van der Waals surface area contributed by atoms with Crippen LogP contribution in [0.4, 0.5) is 70.2 Å². The Morgan fingerprint density at radius 2 is 1.17 bits per heavy atom. The molecule has 0 amide bonds. The van der Waals surface area contributed by atoms with Crippen molar-refractivity contribution in [3.63, 3.8) is 0 Å². The van der Waals surface area contributed by atoms with Crippen molar-refractivity contribution in [3.8, 4) is 0 Å². The predicted octanol–water partition coefficient (Wildman–Crippen LogP) is 5.54. The van der Waals surface area contributed by atoms with Crippen LogP contribution in [0.2, 0.25) is 0 Å². The summed E-state index contributed by atoms with van der Waals surface area (Å²) in [5.74, 6) is -56.1. The predicted molar refractivity (Wildman–Crippen MR) is 83.0 cm³/mol. The fourth-order valence-corrected chi connectivity index (χ4v) is 2.05. The minimum absolute atomic E-state index is 0.552. The van der Waals surface area contributed by atoms with Gasteiger partial charge in [0.15, 0.2) is 0 Å². The fourth-order valence-electron chi connectivity index (χ4n) is 2.05. The summed E-state index contributed by atoms with van der Waals surface area (Å²) in [5.41, 5.74) is 0. The second-order valence-electron chi connectivity index (χ2n) is 6.75. The first-order chi connectivity index (χ1) is 15.8. The molecular weight excluding hydrogens is 560 g/mol. The SMILES string of the molecule is C=CC(=O)OC(O)CCOCCC(F)(F)C(F)(F)C(F)(F)C(F)(F)C(F)(F)C(F)(F)C(F)(F)C(F)F. The Balaban J connectivity index is 5.74. The molecule has 0 spiro atoms. The molecule has 0 aliphatic heterocycles. The summed E-state index contributed by atoms with van der Waals surface area (Å²) < 4.78 is 219. The summed E-state index contributed by atoms with van der Waals surface area (Å²) in [5, 5.41) is 9.11. The molecule has 0 bridgehead atoms. The van der Waals surface area contributed by atoms with Gasteiger partial charge in [-0.05, 0) is 0 Å². The van der Waals surface area contributed by atoms with E-state index in [1.807, 2.05) is 0 Å². The van der Waals surface area contributed by atoms with Crippen LogP contribution in [0, 0.1) is 0 Å². The lowest BCUT2D eigenvalue weighted by molar-refractivity contribution is -0.447. The second-order valence-corrected chi connectivity index (χ2v) is 6.75. The second kappa shape index (κ2) is 10.8. The van der Waals surface area contributed by atoms with Gasteiger partial charge in [-0.1, -0.05) is 6.58 Å². The zero-order valence-electron chi connectivity index (χ0n) is 17.0. The molecule has 0 fully saturated rings. The van der Waals surface area contributed by atoms with Crippen LogP contribution in [0.25, 0.3) is 0 Å². The molecule has 36 heavy (non-hydrogen) atoms. The van der Waals surface area contributed by atoms with Gasteiger partial charge in [0.25, 0.3) is 0 Å². The lowest BCUT2D eigenvalue weighted by atomic mass is 9.88. The van der Waals surface area contributed by atoms with Crippen molar-refractivity contribution in [3.05, 3.63) is 12.7 Å². The van der Waals surface area contributed by atoms with Gasteiger partial charge in [0.05, 0.1) is 13.2 Å². The molecular formula is C16H14F16O4. The number of alkyl halides is 16. The maximum Gasteiger partial charge on any atom is 0.384 e. The smallest absolute Gasteiger partial charge is 0.384 e. The molecule has 0 aromatic heterocycles. The fraction of sp³-hybridized carbons (Fsp3) is 0.812. The molecule has 214 valence electrons. The van der Waals surface area contributed by atoms with Crippen molar-refractivity contribution in [2.24, 2.45) is 0 Å². The van der Waals surface area contributed by atoms with E-state index >= 15 is 0 Å². The average molecular weight is 574 g/mol. The number of carbonyl (C=O) groups is 1. The lowest BCUT2D eigenvalue weighted by Gasteiger charge is -2.42. The van der Waals surface area contributed by atoms with Gasteiger partial charge in [0, 0.05) is 18.9 Å². The Morgan fingerprint density at radius 1 is 0.750 bits per heavy atom. The Morgan fingerprint density at radius 3 is 1.58 bits per heavy atom. The van der Waals surface area contributed by atoms with Gasteiger partial charge in [-0.2, -0.15) is 61.5 Å². The summed E-state index contributed by atoms with van der Waals surface area (Å²) in [6.07, 6.45) is -10.8. The van der Waals surface area contributed by atoms with Crippen molar-refractivity contribution >= 4 is 5.97 Å². The minimum Gasteiger partial charge on any atom is -0.433 e. The molecule has 0 aliphatic rings. The van der Waals surface area contributed by atoms with Crippen LogP contribution in [0.3, 0.4) is 0 Å². The van der Waals surface area contributed by atoms with Gasteiger partial charge >= 0.3 is 53.9 Å². The number of hydrogen-bond donors (Lipinski definition) is 1. The van der Waals surface area contributed by atoms with E-state index in [2.05, 4.69) is 16.1 Å².